The number of carbonyl (C=O) groups is 2. The number of ether oxygens (including phenoxy) is 1. The fourth-order valence-electron chi connectivity index (χ4n) is 1.73. The molecule has 8 heteroatoms. The van der Waals surface area contributed by atoms with Crippen LogP contribution in [0.5, 0.6) is 5.75 Å². The molecule has 0 saturated carbocycles. The van der Waals surface area contributed by atoms with Crippen molar-refractivity contribution in [2.45, 2.75) is 13.3 Å². The van der Waals surface area contributed by atoms with E-state index >= 15 is 0 Å². The third-order valence-electron chi connectivity index (χ3n) is 2.58. The average Bonchev–Trinajstić information content (AvgIpc) is 2.37. The van der Waals surface area contributed by atoms with Gasteiger partial charge in [-0.15, -0.1) is 0 Å². The highest BCUT2D eigenvalue weighted by Gasteiger charge is 2.17. The van der Waals surface area contributed by atoms with Crippen LogP contribution in [0.25, 0.3) is 0 Å². The number of sulfone groups is 1. The van der Waals surface area contributed by atoms with Gasteiger partial charge in [-0.1, -0.05) is 6.92 Å². The molecule has 1 rings (SSSR count). The third-order valence-corrected chi connectivity index (χ3v) is 4.31. The van der Waals surface area contributed by atoms with Crippen molar-refractivity contribution in [3.63, 3.8) is 0 Å². The SMILES string of the molecule is CCCS(=O)(=O)CC(=O)Nc1ccc(C(=O)O)c(OC)c1. The Morgan fingerprint density at radius 1 is 1.33 bits per heavy atom. The first-order valence-electron chi connectivity index (χ1n) is 6.20. The molecule has 0 spiro atoms. The van der Waals surface area contributed by atoms with E-state index in [1.54, 1.807) is 6.92 Å². The molecule has 1 amide bonds. The second-order valence-corrected chi connectivity index (χ2v) is 6.54. The van der Waals surface area contributed by atoms with Gasteiger partial charge in [0.25, 0.3) is 0 Å². The van der Waals surface area contributed by atoms with Crippen LogP contribution in [-0.4, -0.2) is 44.0 Å². The van der Waals surface area contributed by atoms with E-state index < -0.39 is 27.5 Å². The van der Waals surface area contributed by atoms with Gasteiger partial charge in [-0.25, -0.2) is 13.2 Å². The van der Waals surface area contributed by atoms with E-state index in [-0.39, 0.29) is 22.8 Å². The summed E-state index contributed by atoms with van der Waals surface area (Å²) in [6, 6.07) is 3.97. The number of aromatic carboxylic acids is 1. The first-order valence-corrected chi connectivity index (χ1v) is 8.02. The largest absolute Gasteiger partial charge is 0.496 e. The molecule has 0 aromatic heterocycles. The molecule has 116 valence electrons. The number of rotatable bonds is 7. The number of carbonyl (C=O) groups excluding carboxylic acids is 1. The molecule has 0 atom stereocenters. The first kappa shape index (κ1) is 17.0. The van der Waals surface area contributed by atoms with Crippen molar-refractivity contribution in [2.24, 2.45) is 0 Å². The Labute approximate surface area is 122 Å². The van der Waals surface area contributed by atoms with Crippen molar-refractivity contribution >= 4 is 27.4 Å². The summed E-state index contributed by atoms with van der Waals surface area (Å²) in [5.41, 5.74) is 0.225. The molecule has 0 saturated heterocycles. The van der Waals surface area contributed by atoms with E-state index in [1.165, 1.54) is 25.3 Å². The summed E-state index contributed by atoms with van der Waals surface area (Å²) in [5, 5.41) is 11.3. The summed E-state index contributed by atoms with van der Waals surface area (Å²) in [4.78, 5) is 22.6. The lowest BCUT2D eigenvalue weighted by Crippen LogP contribution is -2.24. The van der Waals surface area contributed by atoms with Crippen LogP contribution >= 0.6 is 0 Å². The Hall–Kier alpha value is -2.09. The summed E-state index contributed by atoms with van der Waals surface area (Å²) >= 11 is 0. The molecule has 0 aliphatic carbocycles. The molecular formula is C13H17NO6S. The van der Waals surface area contributed by atoms with Crippen molar-refractivity contribution in [3.8, 4) is 5.75 Å². The maximum absolute atomic E-state index is 11.7. The Morgan fingerprint density at radius 2 is 2.00 bits per heavy atom. The second kappa shape index (κ2) is 7.07. The van der Waals surface area contributed by atoms with Crippen LogP contribution in [0.3, 0.4) is 0 Å². The van der Waals surface area contributed by atoms with Gasteiger partial charge in [-0.3, -0.25) is 4.79 Å². The Kier molecular flexibility index (Phi) is 5.71. The van der Waals surface area contributed by atoms with Gasteiger partial charge in [0.1, 0.15) is 17.1 Å². The minimum absolute atomic E-state index is 0.0471. The zero-order valence-electron chi connectivity index (χ0n) is 11.8. The van der Waals surface area contributed by atoms with E-state index in [4.69, 9.17) is 9.84 Å². The highest BCUT2D eigenvalue weighted by atomic mass is 32.2. The molecule has 0 bridgehead atoms. The molecule has 0 unspecified atom stereocenters. The highest BCUT2D eigenvalue weighted by Crippen LogP contribution is 2.23. The van der Waals surface area contributed by atoms with E-state index in [0.717, 1.165) is 0 Å². The molecule has 1 aromatic rings. The van der Waals surface area contributed by atoms with Gasteiger partial charge in [-0.05, 0) is 18.6 Å². The molecule has 1 aromatic carbocycles. The van der Waals surface area contributed by atoms with Crippen LogP contribution in [-0.2, 0) is 14.6 Å². The van der Waals surface area contributed by atoms with Gasteiger partial charge in [0.15, 0.2) is 9.84 Å². The van der Waals surface area contributed by atoms with Gasteiger partial charge in [0, 0.05) is 11.8 Å². The minimum Gasteiger partial charge on any atom is -0.496 e. The van der Waals surface area contributed by atoms with Crippen LogP contribution in [0.1, 0.15) is 23.7 Å². The van der Waals surface area contributed by atoms with Crippen molar-refractivity contribution in [3.05, 3.63) is 23.8 Å². The lowest BCUT2D eigenvalue weighted by Gasteiger charge is -2.09. The van der Waals surface area contributed by atoms with Gasteiger partial charge < -0.3 is 15.2 Å². The number of methoxy groups -OCH3 is 1. The average molecular weight is 315 g/mol. The minimum atomic E-state index is -3.43. The molecule has 2 N–H and O–H groups in total. The predicted molar refractivity (Wildman–Crippen MR) is 77.5 cm³/mol. The normalized spacial score (nSPS) is 11.0. The summed E-state index contributed by atoms with van der Waals surface area (Å²) in [6.45, 7) is 1.71. The third kappa shape index (κ3) is 5.07. The van der Waals surface area contributed by atoms with Crippen molar-refractivity contribution < 1.29 is 27.9 Å². The maximum atomic E-state index is 11.7. The molecule has 0 radical (unpaired) electrons. The fourth-order valence-corrected chi connectivity index (χ4v) is 2.96. The van der Waals surface area contributed by atoms with Gasteiger partial charge in [-0.2, -0.15) is 0 Å². The predicted octanol–water partition coefficient (Wildman–Crippen LogP) is 1.16. The van der Waals surface area contributed by atoms with Gasteiger partial charge in [0.05, 0.1) is 12.9 Å². The van der Waals surface area contributed by atoms with Crippen LogP contribution in [0.15, 0.2) is 18.2 Å². The quantitative estimate of drug-likeness (QED) is 0.781. The smallest absolute Gasteiger partial charge is 0.339 e. The standard InChI is InChI=1S/C13H17NO6S/c1-3-6-21(18,19)8-12(15)14-9-4-5-10(13(16)17)11(7-9)20-2/h4-5,7H,3,6,8H2,1-2H3,(H,14,15)(H,16,17). The molecular weight excluding hydrogens is 298 g/mol. The van der Waals surface area contributed by atoms with Crippen molar-refractivity contribution in [1.29, 1.82) is 0 Å². The van der Waals surface area contributed by atoms with Crippen LogP contribution in [0.4, 0.5) is 5.69 Å². The van der Waals surface area contributed by atoms with E-state index in [9.17, 15) is 18.0 Å². The molecule has 0 heterocycles. The number of benzene rings is 1. The molecule has 0 fully saturated rings. The first-order chi connectivity index (χ1) is 9.79. The number of anilines is 1. The molecule has 0 aliphatic heterocycles. The Bertz CT molecular complexity index is 638. The number of carboxylic acids is 1. The molecule has 0 aliphatic rings. The van der Waals surface area contributed by atoms with E-state index in [1.807, 2.05) is 0 Å². The van der Waals surface area contributed by atoms with Crippen LogP contribution in [0.2, 0.25) is 0 Å². The van der Waals surface area contributed by atoms with Gasteiger partial charge >= 0.3 is 5.97 Å². The summed E-state index contributed by atoms with van der Waals surface area (Å²) < 4.78 is 28.0. The van der Waals surface area contributed by atoms with Crippen molar-refractivity contribution in [1.82, 2.24) is 0 Å². The molecule has 7 nitrogen and oxygen atoms in total. The fraction of sp³-hybridized carbons (Fsp3) is 0.385. The zero-order valence-corrected chi connectivity index (χ0v) is 12.6. The summed E-state index contributed by atoms with van der Waals surface area (Å²) in [7, 11) is -2.12. The topological polar surface area (TPSA) is 110 Å². The van der Waals surface area contributed by atoms with Crippen LogP contribution in [0, 0.1) is 0 Å². The zero-order chi connectivity index (χ0) is 16.0. The lowest BCUT2D eigenvalue weighted by atomic mass is 10.2. The lowest BCUT2D eigenvalue weighted by molar-refractivity contribution is -0.113. The summed E-state index contributed by atoms with van der Waals surface area (Å²) in [6.07, 6.45) is 0.441. The molecule has 21 heavy (non-hydrogen) atoms. The second-order valence-electron chi connectivity index (χ2n) is 4.36. The Morgan fingerprint density at radius 3 is 2.52 bits per heavy atom. The number of hydrogen-bond acceptors (Lipinski definition) is 5. The summed E-state index contributed by atoms with van der Waals surface area (Å²) in [5.74, 6) is -2.41. The number of nitrogens with one attached hydrogen (secondary N) is 1. The van der Waals surface area contributed by atoms with Gasteiger partial charge in [0.2, 0.25) is 5.91 Å². The van der Waals surface area contributed by atoms with E-state index in [0.29, 0.717) is 6.42 Å². The number of carboxylic acid groups (broad SMARTS) is 1. The highest BCUT2D eigenvalue weighted by molar-refractivity contribution is 7.92. The monoisotopic (exact) mass is 315 g/mol. The van der Waals surface area contributed by atoms with Crippen molar-refractivity contribution in [2.75, 3.05) is 23.9 Å². The number of hydrogen-bond donors (Lipinski definition) is 2. The van der Waals surface area contributed by atoms with E-state index in [2.05, 4.69) is 5.32 Å². The number of amides is 1. The maximum Gasteiger partial charge on any atom is 0.339 e. The Balaban J connectivity index is 2.84. The van der Waals surface area contributed by atoms with Crippen LogP contribution < -0.4 is 10.1 Å².